The van der Waals surface area contributed by atoms with Gasteiger partial charge in [-0.15, -0.1) is 0 Å². The fourth-order valence-electron chi connectivity index (χ4n) is 1.33. The number of allylic oxidation sites excluding steroid dienone is 3. The number of rotatable bonds is 0. The Balaban J connectivity index is 2.32. The second kappa shape index (κ2) is 2.43. The van der Waals surface area contributed by atoms with Gasteiger partial charge < -0.3 is 0 Å². The molecule has 0 aromatic rings. The van der Waals surface area contributed by atoms with Gasteiger partial charge in [0, 0.05) is 13.1 Å². The van der Waals surface area contributed by atoms with Gasteiger partial charge >= 0.3 is 0 Å². The molecule has 0 aromatic heterocycles. The van der Waals surface area contributed by atoms with Crippen molar-refractivity contribution in [3.63, 3.8) is 0 Å². The molecule has 0 unspecified atom stereocenters. The lowest BCUT2D eigenvalue weighted by atomic mass is 9.97. The molecule has 1 nitrogen and oxygen atoms in total. The van der Waals surface area contributed by atoms with Crippen LogP contribution in [0.2, 0.25) is 0 Å². The van der Waals surface area contributed by atoms with Gasteiger partial charge in [-0.3, -0.25) is 0 Å². The lowest BCUT2D eigenvalue weighted by Gasteiger charge is -2.16. The quantitative estimate of drug-likeness (QED) is 0.473. The Morgan fingerprint density at radius 3 is 3.20 bits per heavy atom. The Morgan fingerprint density at radius 1 is 1.30 bits per heavy atom. The molecule has 0 bridgehead atoms. The van der Waals surface area contributed by atoms with E-state index in [1.807, 2.05) is 0 Å². The highest BCUT2D eigenvalue weighted by Crippen LogP contribution is 2.19. The summed E-state index contributed by atoms with van der Waals surface area (Å²) in [5.74, 6) is 0. The van der Waals surface area contributed by atoms with Gasteiger partial charge in [-0.1, -0.05) is 24.3 Å². The molecule has 0 fully saturated rings. The Hall–Kier alpha value is -0.820. The third-order valence-corrected chi connectivity index (χ3v) is 1.89. The van der Waals surface area contributed by atoms with Gasteiger partial charge in [-0.2, -0.15) is 0 Å². The van der Waals surface area contributed by atoms with E-state index in [4.69, 9.17) is 0 Å². The van der Waals surface area contributed by atoms with Crippen LogP contribution in [-0.4, -0.2) is 13.1 Å². The molecular formula is C9H10N. The third-order valence-electron chi connectivity index (χ3n) is 1.89. The molecule has 1 heterocycles. The highest BCUT2D eigenvalue weighted by Gasteiger charge is 2.08. The lowest BCUT2D eigenvalue weighted by Crippen LogP contribution is -2.16. The zero-order valence-corrected chi connectivity index (χ0v) is 5.88. The van der Waals surface area contributed by atoms with E-state index in [0.717, 1.165) is 19.5 Å². The maximum atomic E-state index is 4.28. The first kappa shape index (κ1) is 5.93. The molecule has 2 rings (SSSR count). The van der Waals surface area contributed by atoms with E-state index in [2.05, 4.69) is 29.6 Å². The summed E-state index contributed by atoms with van der Waals surface area (Å²) >= 11 is 0. The predicted octanol–water partition coefficient (Wildman–Crippen LogP) is 1.42. The van der Waals surface area contributed by atoms with Crippen molar-refractivity contribution in [2.24, 2.45) is 0 Å². The SMILES string of the molecule is C1=CC2=CC[N]CC2=CC1. The van der Waals surface area contributed by atoms with Crippen LogP contribution in [0.3, 0.4) is 0 Å². The van der Waals surface area contributed by atoms with Crippen molar-refractivity contribution in [2.45, 2.75) is 6.42 Å². The van der Waals surface area contributed by atoms with Crippen molar-refractivity contribution in [2.75, 3.05) is 13.1 Å². The summed E-state index contributed by atoms with van der Waals surface area (Å²) in [6.45, 7) is 1.83. The van der Waals surface area contributed by atoms with Crippen LogP contribution < -0.4 is 5.32 Å². The summed E-state index contributed by atoms with van der Waals surface area (Å²) in [5.41, 5.74) is 2.80. The number of hydrogen-bond donors (Lipinski definition) is 0. The first-order valence-corrected chi connectivity index (χ1v) is 3.66. The van der Waals surface area contributed by atoms with Crippen molar-refractivity contribution in [1.82, 2.24) is 5.32 Å². The Bertz CT molecular complexity index is 221. The summed E-state index contributed by atoms with van der Waals surface area (Å²) in [5, 5.41) is 4.28. The van der Waals surface area contributed by atoms with Gasteiger partial charge in [0.25, 0.3) is 0 Å². The van der Waals surface area contributed by atoms with E-state index < -0.39 is 0 Å². The van der Waals surface area contributed by atoms with Crippen molar-refractivity contribution in [1.29, 1.82) is 0 Å². The van der Waals surface area contributed by atoms with Crippen LogP contribution in [0, 0.1) is 0 Å². The molecule has 0 saturated carbocycles. The molecule has 10 heavy (non-hydrogen) atoms. The van der Waals surface area contributed by atoms with Crippen LogP contribution in [0.4, 0.5) is 0 Å². The molecule has 0 N–H and O–H groups in total. The summed E-state index contributed by atoms with van der Waals surface area (Å²) in [6, 6.07) is 0. The summed E-state index contributed by atoms with van der Waals surface area (Å²) in [6.07, 6.45) is 9.92. The van der Waals surface area contributed by atoms with Crippen LogP contribution in [0.5, 0.6) is 0 Å². The first-order chi connectivity index (χ1) is 4.97. The smallest absolute Gasteiger partial charge is 0.0390 e. The summed E-state index contributed by atoms with van der Waals surface area (Å²) in [4.78, 5) is 0. The molecule has 0 aromatic carbocycles. The predicted molar refractivity (Wildman–Crippen MR) is 41.8 cm³/mol. The van der Waals surface area contributed by atoms with E-state index in [9.17, 15) is 0 Å². The average molecular weight is 132 g/mol. The van der Waals surface area contributed by atoms with Crippen LogP contribution in [0.25, 0.3) is 0 Å². The van der Waals surface area contributed by atoms with Gasteiger partial charge in [0.2, 0.25) is 0 Å². The zero-order chi connectivity index (χ0) is 6.81. The van der Waals surface area contributed by atoms with Gasteiger partial charge in [-0.25, -0.2) is 5.32 Å². The molecule has 0 atom stereocenters. The normalized spacial score (nSPS) is 23.2. The molecule has 0 amide bonds. The van der Waals surface area contributed by atoms with E-state index in [-0.39, 0.29) is 0 Å². The molecule has 1 heteroatoms. The van der Waals surface area contributed by atoms with Crippen molar-refractivity contribution in [3.05, 3.63) is 35.5 Å². The van der Waals surface area contributed by atoms with Crippen LogP contribution in [-0.2, 0) is 0 Å². The molecule has 0 spiro atoms. The first-order valence-electron chi connectivity index (χ1n) is 3.66. The van der Waals surface area contributed by atoms with Crippen LogP contribution in [0.1, 0.15) is 6.42 Å². The molecular weight excluding hydrogens is 122 g/mol. The van der Waals surface area contributed by atoms with Crippen molar-refractivity contribution < 1.29 is 0 Å². The van der Waals surface area contributed by atoms with Crippen molar-refractivity contribution >= 4 is 0 Å². The second-order valence-corrected chi connectivity index (χ2v) is 2.59. The molecule has 1 aliphatic carbocycles. The average Bonchev–Trinajstić information content (AvgIpc) is 2.05. The van der Waals surface area contributed by atoms with Gasteiger partial charge in [0.15, 0.2) is 0 Å². The van der Waals surface area contributed by atoms with Gasteiger partial charge in [0.05, 0.1) is 0 Å². The van der Waals surface area contributed by atoms with E-state index in [0.29, 0.717) is 0 Å². The standard InChI is InChI=1S/C9H10N/c1-2-4-9-7-10-6-5-8(9)3-1/h1,3-5H,2,6-7H2. The minimum atomic E-state index is 0.900. The number of nitrogens with zero attached hydrogens (tertiary/aromatic N) is 1. The van der Waals surface area contributed by atoms with E-state index in [1.54, 1.807) is 0 Å². The maximum absolute atomic E-state index is 4.28. The summed E-state index contributed by atoms with van der Waals surface area (Å²) in [7, 11) is 0. The van der Waals surface area contributed by atoms with Crippen molar-refractivity contribution in [3.8, 4) is 0 Å². The fraction of sp³-hybridized carbons (Fsp3) is 0.333. The maximum Gasteiger partial charge on any atom is 0.0390 e. The zero-order valence-electron chi connectivity index (χ0n) is 5.88. The third kappa shape index (κ3) is 0.929. The Labute approximate surface area is 61.1 Å². The highest BCUT2D eigenvalue weighted by molar-refractivity contribution is 5.45. The Morgan fingerprint density at radius 2 is 2.30 bits per heavy atom. The molecule has 1 aliphatic heterocycles. The fourth-order valence-corrected chi connectivity index (χ4v) is 1.33. The number of fused-ring (bicyclic) bond motifs is 1. The second-order valence-electron chi connectivity index (χ2n) is 2.59. The molecule has 0 saturated heterocycles. The molecule has 51 valence electrons. The lowest BCUT2D eigenvalue weighted by molar-refractivity contribution is 0.772. The monoisotopic (exact) mass is 132 g/mol. The largest absolute Gasteiger partial charge is 0.233 e. The molecule has 1 radical (unpaired) electrons. The van der Waals surface area contributed by atoms with E-state index >= 15 is 0 Å². The molecule has 2 aliphatic rings. The minimum absolute atomic E-state index is 0.900. The van der Waals surface area contributed by atoms with Gasteiger partial charge in [-0.05, 0) is 17.6 Å². The van der Waals surface area contributed by atoms with E-state index in [1.165, 1.54) is 11.1 Å². The summed E-state index contributed by atoms with van der Waals surface area (Å²) < 4.78 is 0. The topological polar surface area (TPSA) is 14.1 Å². The minimum Gasteiger partial charge on any atom is -0.233 e. The van der Waals surface area contributed by atoms with Gasteiger partial charge in [0.1, 0.15) is 0 Å². The number of hydrogen-bond acceptors (Lipinski definition) is 0. The van der Waals surface area contributed by atoms with Crippen LogP contribution in [0.15, 0.2) is 35.5 Å². The van der Waals surface area contributed by atoms with Crippen LogP contribution >= 0.6 is 0 Å². The highest BCUT2D eigenvalue weighted by atomic mass is 14.9. The Kier molecular flexibility index (Phi) is 1.44.